The van der Waals surface area contributed by atoms with Crippen LogP contribution in [0.15, 0.2) is 0 Å². The minimum absolute atomic E-state index is 0.0615. The van der Waals surface area contributed by atoms with Gasteiger partial charge in [-0.15, -0.1) is 0 Å². The molecule has 0 aliphatic heterocycles. The molecule has 0 aliphatic rings. The summed E-state index contributed by atoms with van der Waals surface area (Å²) in [4.78, 5) is 38.3. The summed E-state index contributed by atoms with van der Waals surface area (Å²) in [5.41, 5.74) is 0. The van der Waals surface area contributed by atoms with E-state index in [1.54, 1.807) is 0 Å². The van der Waals surface area contributed by atoms with Crippen molar-refractivity contribution >= 4 is 17.9 Å². The van der Waals surface area contributed by atoms with Crippen LogP contribution in [-0.4, -0.2) is 37.2 Å². The van der Waals surface area contributed by atoms with E-state index in [0.717, 1.165) is 69.6 Å². The fourth-order valence-electron chi connectivity index (χ4n) is 10.4. The van der Waals surface area contributed by atoms with Gasteiger partial charge in [0.2, 0.25) is 0 Å². The molecular formula is C67H130O6. The standard InChI is InChI=1S/C67H130O6/c1-6-8-9-10-11-12-13-14-27-34-39-44-49-54-59-67(70)73-64(61-72-66(69)58-53-48-43-38-33-29-24-20-19-21-25-30-35-40-45-50-55-62(3)4)60-71-65(68)57-52-47-42-37-32-28-23-18-16-15-17-22-26-31-36-41-46-51-56-63(5)7-2/h62-64H,6-61H2,1-5H3/t63?,64-/m1/s1. The van der Waals surface area contributed by atoms with E-state index in [1.807, 2.05) is 0 Å². The average molecular weight is 1030 g/mol. The van der Waals surface area contributed by atoms with Gasteiger partial charge >= 0.3 is 17.9 Å². The lowest BCUT2D eigenvalue weighted by molar-refractivity contribution is -0.167. The first kappa shape index (κ1) is 71.4. The van der Waals surface area contributed by atoms with Gasteiger partial charge in [0, 0.05) is 19.3 Å². The van der Waals surface area contributed by atoms with Crippen molar-refractivity contribution in [2.24, 2.45) is 11.8 Å². The first-order valence-corrected chi connectivity index (χ1v) is 33.3. The molecule has 0 aromatic heterocycles. The molecule has 0 fully saturated rings. The molecule has 0 spiro atoms. The third-order valence-corrected chi connectivity index (χ3v) is 15.8. The SMILES string of the molecule is CCCCCCCCCCCCCCCCC(=O)O[C@H](COC(=O)CCCCCCCCCCCCCCCCCCCCC(C)CC)COC(=O)CCCCCCCCCCCCCCCCCCC(C)C. The van der Waals surface area contributed by atoms with E-state index in [-0.39, 0.29) is 31.1 Å². The van der Waals surface area contributed by atoms with E-state index in [0.29, 0.717) is 19.3 Å². The molecule has 2 atom stereocenters. The summed E-state index contributed by atoms with van der Waals surface area (Å²) < 4.78 is 17.0. The Morgan fingerprint density at radius 2 is 0.521 bits per heavy atom. The molecule has 0 aromatic carbocycles. The molecule has 434 valence electrons. The van der Waals surface area contributed by atoms with Crippen molar-refractivity contribution in [2.45, 2.75) is 387 Å². The van der Waals surface area contributed by atoms with Crippen LogP contribution >= 0.6 is 0 Å². The van der Waals surface area contributed by atoms with E-state index in [1.165, 1.54) is 270 Å². The minimum atomic E-state index is -0.764. The molecule has 0 rings (SSSR count). The first-order chi connectivity index (χ1) is 35.8. The van der Waals surface area contributed by atoms with Crippen LogP contribution in [-0.2, 0) is 28.6 Å². The second-order valence-corrected chi connectivity index (χ2v) is 23.8. The third kappa shape index (κ3) is 59.5. The molecule has 0 aliphatic carbocycles. The number of hydrogen-bond donors (Lipinski definition) is 0. The van der Waals surface area contributed by atoms with Crippen molar-refractivity contribution in [1.82, 2.24) is 0 Å². The quantitative estimate of drug-likeness (QED) is 0.0343. The number of ether oxygens (including phenoxy) is 3. The summed E-state index contributed by atoms with van der Waals surface area (Å²) in [6.07, 6.45) is 66.7. The molecule has 0 N–H and O–H groups in total. The van der Waals surface area contributed by atoms with Crippen LogP contribution < -0.4 is 0 Å². The van der Waals surface area contributed by atoms with Gasteiger partial charge in [0.1, 0.15) is 13.2 Å². The van der Waals surface area contributed by atoms with Crippen LogP contribution in [0.25, 0.3) is 0 Å². The Balaban J connectivity index is 4.24. The number of unbranched alkanes of at least 4 members (excludes halogenated alkanes) is 45. The van der Waals surface area contributed by atoms with Gasteiger partial charge in [0.05, 0.1) is 0 Å². The van der Waals surface area contributed by atoms with Crippen molar-refractivity contribution in [3.05, 3.63) is 0 Å². The van der Waals surface area contributed by atoms with Crippen molar-refractivity contribution in [1.29, 1.82) is 0 Å². The van der Waals surface area contributed by atoms with Gasteiger partial charge in [-0.05, 0) is 31.1 Å². The topological polar surface area (TPSA) is 78.9 Å². The maximum Gasteiger partial charge on any atom is 0.306 e. The number of carbonyl (C=O) groups is 3. The Morgan fingerprint density at radius 1 is 0.288 bits per heavy atom. The van der Waals surface area contributed by atoms with Crippen LogP contribution in [0.4, 0.5) is 0 Å². The largest absolute Gasteiger partial charge is 0.462 e. The van der Waals surface area contributed by atoms with Crippen LogP contribution in [0.2, 0.25) is 0 Å². The summed E-state index contributed by atoms with van der Waals surface area (Å²) in [5.74, 6) is 0.935. The first-order valence-electron chi connectivity index (χ1n) is 33.3. The zero-order valence-corrected chi connectivity index (χ0v) is 50.3. The Morgan fingerprint density at radius 3 is 0.781 bits per heavy atom. The van der Waals surface area contributed by atoms with Crippen molar-refractivity contribution in [3.8, 4) is 0 Å². The molecule has 1 unspecified atom stereocenters. The van der Waals surface area contributed by atoms with Gasteiger partial charge in [-0.2, -0.15) is 0 Å². The number of esters is 3. The number of rotatable bonds is 61. The predicted octanol–water partition coefficient (Wildman–Crippen LogP) is 22.4. The lowest BCUT2D eigenvalue weighted by Gasteiger charge is -2.18. The zero-order valence-electron chi connectivity index (χ0n) is 50.3. The Bertz CT molecular complexity index is 1120. The molecule has 0 saturated carbocycles. The molecule has 0 heterocycles. The lowest BCUT2D eigenvalue weighted by Crippen LogP contribution is -2.30. The molecule has 6 heteroatoms. The van der Waals surface area contributed by atoms with Crippen molar-refractivity contribution in [3.63, 3.8) is 0 Å². The average Bonchev–Trinajstić information content (AvgIpc) is 3.38. The van der Waals surface area contributed by atoms with Crippen molar-refractivity contribution in [2.75, 3.05) is 13.2 Å². The summed E-state index contributed by atoms with van der Waals surface area (Å²) in [5, 5.41) is 0. The summed E-state index contributed by atoms with van der Waals surface area (Å²) in [6, 6.07) is 0. The number of carbonyl (C=O) groups excluding carboxylic acids is 3. The van der Waals surface area contributed by atoms with Crippen LogP contribution in [0.5, 0.6) is 0 Å². The molecule has 0 aromatic rings. The maximum absolute atomic E-state index is 12.9. The predicted molar refractivity (Wildman–Crippen MR) is 316 cm³/mol. The number of hydrogen-bond acceptors (Lipinski definition) is 6. The van der Waals surface area contributed by atoms with Gasteiger partial charge in [0.25, 0.3) is 0 Å². The van der Waals surface area contributed by atoms with Gasteiger partial charge in [0.15, 0.2) is 6.10 Å². The lowest BCUT2D eigenvalue weighted by atomic mass is 9.99. The highest BCUT2D eigenvalue weighted by Crippen LogP contribution is 2.20. The smallest absolute Gasteiger partial charge is 0.306 e. The fourth-order valence-corrected chi connectivity index (χ4v) is 10.4. The van der Waals surface area contributed by atoms with E-state index < -0.39 is 6.10 Å². The maximum atomic E-state index is 12.9. The van der Waals surface area contributed by atoms with Gasteiger partial charge in [-0.3, -0.25) is 14.4 Å². The van der Waals surface area contributed by atoms with E-state index in [9.17, 15) is 14.4 Å². The van der Waals surface area contributed by atoms with Gasteiger partial charge < -0.3 is 14.2 Å². The molecule has 0 amide bonds. The minimum Gasteiger partial charge on any atom is -0.462 e. The van der Waals surface area contributed by atoms with Crippen LogP contribution in [0.1, 0.15) is 381 Å². The summed E-state index contributed by atoms with van der Waals surface area (Å²) in [6.45, 7) is 11.5. The van der Waals surface area contributed by atoms with E-state index >= 15 is 0 Å². The zero-order chi connectivity index (χ0) is 53.2. The highest BCUT2D eigenvalue weighted by molar-refractivity contribution is 5.71. The molecule has 6 nitrogen and oxygen atoms in total. The second kappa shape index (κ2) is 59.7. The molecule has 0 saturated heterocycles. The van der Waals surface area contributed by atoms with E-state index in [4.69, 9.17) is 14.2 Å². The van der Waals surface area contributed by atoms with Crippen LogP contribution in [0, 0.1) is 11.8 Å². The van der Waals surface area contributed by atoms with Crippen LogP contribution in [0.3, 0.4) is 0 Å². The fraction of sp³-hybridized carbons (Fsp3) is 0.955. The van der Waals surface area contributed by atoms with E-state index in [2.05, 4.69) is 34.6 Å². The highest BCUT2D eigenvalue weighted by Gasteiger charge is 2.19. The summed E-state index contributed by atoms with van der Waals surface area (Å²) >= 11 is 0. The normalized spacial score (nSPS) is 12.4. The molecule has 0 radical (unpaired) electrons. The summed E-state index contributed by atoms with van der Waals surface area (Å²) in [7, 11) is 0. The Labute approximate surface area is 457 Å². The Hall–Kier alpha value is -1.59. The molecule has 73 heavy (non-hydrogen) atoms. The molecular weight excluding hydrogens is 901 g/mol. The highest BCUT2D eigenvalue weighted by atomic mass is 16.6. The van der Waals surface area contributed by atoms with Gasteiger partial charge in [-0.1, -0.05) is 343 Å². The van der Waals surface area contributed by atoms with Gasteiger partial charge in [-0.25, -0.2) is 0 Å². The second-order valence-electron chi connectivity index (χ2n) is 23.8. The monoisotopic (exact) mass is 1030 g/mol. The molecule has 0 bridgehead atoms. The Kier molecular flexibility index (Phi) is 58.4. The van der Waals surface area contributed by atoms with Crippen molar-refractivity contribution < 1.29 is 28.6 Å². The third-order valence-electron chi connectivity index (χ3n) is 15.8.